The lowest BCUT2D eigenvalue weighted by atomic mass is 10.4. The fourth-order valence-corrected chi connectivity index (χ4v) is 4.28. The Hall–Kier alpha value is -0.880. The summed E-state index contributed by atoms with van der Waals surface area (Å²) in [4.78, 5) is 5.70. The Labute approximate surface area is 127 Å². The van der Waals surface area contributed by atoms with E-state index in [0.29, 0.717) is 12.0 Å². The Bertz CT molecular complexity index is 610. The third kappa shape index (κ3) is 2.63. The van der Waals surface area contributed by atoms with E-state index in [4.69, 9.17) is 0 Å². The lowest BCUT2D eigenvalue weighted by molar-refractivity contribution is 0.661. The van der Waals surface area contributed by atoms with Gasteiger partial charge in [-0.2, -0.15) is 0 Å². The van der Waals surface area contributed by atoms with Crippen LogP contribution in [0.5, 0.6) is 0 Å². The summed E-state index contributed by atoms with van der Waals surface area (Å²) >= 11 is 3.69. The normalized spacial score (nSPS) is 18.6. The Kier molecular flexibility index (Phi) is 3.30. The molecule has 0 unspecified atom stereocenters. The summed E-state index contributed by atoms with van der Waals surface area (Å²) in [5, 5.41) is 10.1. The topological polar surface area (TPSA) is 43.6 Å². The van der Waals surface area contributed by atoms with Gasteiger partial charge in [0.05, 0.1) is 5.75 Å². The Morgan fingerprint density at radius 3 is 2.75 bits per heavy atom. The second-order valence-corrected chi connectivity index (χ2v) is 8.01. The molecule has 6 heteroatoms. The molecule has 0 aliphatic heterocycles. The van der Waals surface area contributed by atoms with Gasteiger partial charge in [0.1, 0.15) is 16.7 Å². The van der Waals surface area contributed by atoms with Gasteiger partial charge in [-0.1, -0.05) is 0 Å². The van der Waals surface area contributed by atoms with Crippen molar-refractivity contribution in [1.29, 1.82) is 0 Å². The molecule has 2 aromatic rings. The van der Waals surface area contributed by atoms with E-state index in [2.05, 4.69) is 26.7 Å². The molecule has 0 bridgehead atoms. The van der Waals surface area contributed by atoms with Gasteiger partial charge in [-0.05, 0) is 32.6 Å². The van der Waals surface area contributed by atoms with E-state index in [1.165, 1.54) is 47.2 Å². The maximum absolute atomic E-state index is 4.46. The van der Waals surface area contributed by atoms with Crippen molar-refractivity contribution in [2.75, 3.05) is 0 Å². The first kappa shape index (κ1) is 12.8. The molecule has 2 fully saturated rings. The fourth-order valence-electron chi connectivity index (χ4n) is 2.48. The van der Waals surface area contributed by atoms with Gasteiger partial charge >= 0.3 is 0 Å². The van der Waals surface area contributed by atoms with Crippen LogP contribution in [-0.2, 0) is 11.5 Å². The molecule has 2 saturated carbocycles. The van der Waals surface area contributed by atoms with Crippen molar-refractivity contribution in [3.8, 4) is 0 Å². The smallest absolute Gasteiger partial charge is 0.143 e. The van der Waals surface area contributed by atoms with Crippen LogP contribution in [0.2, 0.25) is 0 Å². The molecule has 0 saturated heterocycles. The molecule has 106 valence electrons. The van der Waals surface area contributed by atoms with Crippen molar-refractivity contribution >= 4 is 23.1 Å². The van der Waals surface area contributed by atoms with E-state index in [1.54, 1.807) is 11.3 Å². The first-order valence-electron chi connectivity index (χ1n) is 7.24. The first-order chi connectivity index (χ1) is 9.81. The fraction of sp³-hybridized carbons (Fsp3) is 0.643. The van der Waals surface area contributed by atoms with Gasteiger partial charge in [0.15, 0.2) is 0 Å². The van der Waals surface area contributed by atoms with Crippen LogP contribution in [0.3, 0.4) is 0 Å². The molecule has 2 aromatic heterocycles. The molecule has 0 atom stereocenters. The van der Waals surface area contributed by atoms with Gasteiger partial charge in [0.25, 0.3) is 0 Å². The molecule has 2 aliphatic rings. The van der Waals surface area contributed by atoms with Crippen LogP contribution in [0.15, 0.2) is 6.20 Å². The standard InChI is InChI=1S/C14H18N4S2/c1-9-6-15-13(20-9)8-19-7-12-16-17-14(10-2-3-10)18(12)11-4-5-11/h6,10-11H,2-5,7-8H2,1H3. The summed E-state index contributed by atoms with van der Waals surface area (Å²) < 4.78 is 2.44. The highest BCUT2D eigenvalue weighted by Crippen LogP contribution is 2.45. The summed E-state index contributed by atoms with van der Waals surface area (Å²) in [6.07, 6.45) is 7.17. The molecular formula is C14H18N4S2. The lowest BCUT2D eigenvalue weighted by Crippen LogP contribution is -2.04. The van der Waals surface area contributed by atoms with Crippen molar-refractivity contribution in [3.05, 3.63) is 27.7 Å². The minimum absolute atomic E-state index is 0.693. The minimum atomic E-state index is 0.693. The third-order valence-corrected chi connectivity index (χ3v) is 5.81. The molecule has 0 N–H and O–H groups in total. The molecular weight excluding hydrogens is 288 g/mol. The molecule has 4 rings (SSSR count). The van der Waals surface area contributed by atoms with Gasteiger partial charge in [-0.3, -0.25) is 0 Å². The van der Waals surface area contributed by atoms with E-state index in [0.717, 1.165) is 11.5 Å². The predicted octanol–water partition coefficient (Wildman–Crippen LogP) is 3.69. The van der Waals surface area contributed by atoms with Crippen LogP contribution in [0.4, 0.5) is 0 Å². The van der Waals surface area contributed by atoms with Crippen molar-refractivity contribution in [2.24, 2.45) is 0 Å². The Balaban J connectivity index is 1.43. The highest BCUT2D eigenvalue weighted by Gasteiger charge is 2.36. The maximum atomic E-state index is 4.46. The molecule has 2 aliphatic carbocycles. The Morgan fingerprint density at radius 1 is 1.25 bits per heavy atom. The van der Waals surface area contributed by atoms with Crippen LogP contribution in [0, 0.1) is 6.92 Å². The largest absolute Gasteiger partial charge is 0.311 e. The van der Waals surface area contributed by atoms with Crippen LogP contribution in [0.25, 0.3) is 0 Å². The summed E-state index contributed by atoms with van der Waals surface area (Å²) in [6.45, 7) is 2.11. The van der Waals surface area contributed by atoms with Crippen LogP contribution in [0.1, 0.15) is 59.2 Å². The highest BCUT2D eigenvalue weighted by molar-refractivity contribution is 7.97. The SMILES string of the molecule is Cc1cnc(CSCc2nnc(C3CC3)n2C2CC2)s1. The van der Waals surface area contributed by atoms with Gasteiger partial charge < -0.3 is 4.57 Å². The average molecular weight is 306 g/mol. The summed E-state index contributed by atoms with van der Waals surface area (Å²) in [6, 6.07) is 0.693. The summed E-state index contributed by atoms with van der Waals surface area (Å²) in [7, 11) is 0. The van der Waals surface area contributed by atoms with Gasteiger partial charge in [-0.25, -0.2) is 4.98 Å². The predicted molar refractivity (Wildman–Crippen MR) is 82.1 cm³/mol. The van der Waals surface area contributed by atoms with Gasteiger partial charge in [0.2, 0.25) is 0 Å². The molecule has 0 aromatic carbocycles. The number of hydrogen-bond donors (Lipinski definition) is 0. The van der Waals surface area contributed by atoms with Crippen LogP contribution >= 0.6 is 23.1 Å². The number of aromatic nitrogens is 4. The monoisotopic (exact) mass is 306 g/mol. The molecule has 0 spiro atoms. The van der Waals surface area contributed by atoms with Crippen LogP contribution in [-0.4, -0.2) is 19.7 Å². The average Bonchev–Trinajstić information content (AvgIpc) is 3.36. The van der Waals surface area contributed by atoms with Crippen LogP contribution < -0.4 is 0 Å². The number of hydrogen-bond acceptors (Lipinski definition) is 5. The van der Waals surface area contributed by atoms with Crippen molar-refractivity contribution in [2.45, 2.75) is 56.1 Å². The zero-order chi connectivity index (χ0) is 13.5. The first-order valence-corrected chi connectivity index (χ1v) is 9.21. The molecule has 4 nitrogen and oxygen atoms in total. The maximum Gasteiger partial charge on any atom is 0.143 e. The number of rotatable bonds is 6. The number of thiazole rings is 1. The zero-order valence-corrected chi connectivity index (χ0v) is 13.2. The second kappa shape index (κ2) is 5.15. The summed E-state index contributed by atoms with van der Waals surface area (Å²) in [5.41, 5.74) is 0. The van der Waals surface area contributed by atoms with E-state index >= 15 is 0 Å². The van der Waals surface area contributed by atoms with Gasteiger partial charge in [0, 0.05) is 28.8 Å². The molecule has 20 heavy (non-hydrogen) atoms. The van der Waals surface area contributed by atoms with Crippen molar-refractivity contribution < 1.29 is 0 Å². The van der Waals surface area contributed by atoms with Crippen molar-refractivity contribution in [3.63, 3.8) is 0 Å². The molecule has 2 heterocycles. The molecule has 0 radical (unpaired) electrons. The van der Waals surface area contributed by atoms with Gasteiger partial charge in [-0.15, -0.1) is 33.3 Å². The van der Waals surface area contributed by atoms with E-state index < -0.39 is 0 Å². The van der Waals surface area contributed by atoms with E-state index in [-0.39, 0.29) is 0 Å². The number of nitrogens with zero attached hydrogens (tertiary/aromatic N) is 4. The summed E-state index contributed by atoms with van der Waals surface area (Å²) in [5.74, 6) is 5.06. The number of thioether (sulfide) groups is 1. The second-order valence-electron chi connectivity index (χ2n) is 5.71. The van der Waals surface area contributed by atoms with E-state index in [1.807, 2.05) is 18.0 Å². The highest BCUT2D eigenvalue weighted by atomic mass is 32.2. The Morgan fingerprint density at radius 2 is 2.10 bits per heavy atom. The minimum Gasteiger partial charge on any atom is -0.311 e. The zero-order valence-electron chi connectivity index (χ0n) is 11.6. The lowest BCUT2D eigenvalue weighted by Gasteiger charge is -2.07. The quantitative estimate of drug-likeness (QED) is 0.816. The van der Waals surface area contributed by atoms with E-state index in [9.17, 15) is 0 Å². The molecule has 0 amide bonds. The third-order valence-electron chi connectivity index (χ3n) is 3.77. The number of aryl methyl sites for hydroxylation is 1. The van der Waals surface area contributed by atoms with Crippen molar-refractivity contribution in [1.82, 2.24) is 19.7 Å².